The lowest BCUT2D eigenvalue weighted by molar-refractivity contribution is -0.116. The lowest BCUT2D eigenvalue weighted by atomic mass is 9.93. The Morgan fingerprint density at radius 2 is 2.14 bits per heavy atom. The van der Waals surface area contributed by atoms with Gasteiger partial charge < -0.3 is 5.32 Å². The third kappa shape index (κ3) is 2.05. The number of aromatic nitrogens is 2. The van der Waals surface area contributed by atoms with E-state index >= 15 is 0 Å². The molecule has 2 aromatic heterocycles. The molecule has 1 amide bonds. The molecule has 0 radical (unpaired) electrons. The zero-order valence-electron chi connectivity index (χ0n) is 12.1. The van der Waals surface area contributed by atoms with Crippen molar-refractivity contribution >= 4 is 23.1 Å². The molecule has 4 rings (SSSR count). The van der Waals surface area contributed by atoms with Crippen molar-refractivity contribution in [3.63, 3.8) is 0 Å². The highest BCUT2D eigenvalue weighted by Crippen LogP contribution is 2.39. The van der Waals surface area contributed by atoms with Gasteiger partial charge in [0.1, 0.15) is 5.82 Å². The fraction of sp³-hybridized carbons (Fsp3) is 0.176. The number of carbonyl (C=O) groups is 1. The van der Waals surface area contributed by atoms with Gasteiger partial charge in [0.2, 0.25) is 5.91 Å². The number of hydrogen-bond acceptors (Lipinski definition) is 3. The molecular weight excluding hydrogens is 294 g/mol. The van der Waals surface area contributed by atoms with Crippen molar-refractivity contribution in [1.82, 2.24) is 9.78 Å². The van der Waals surface area contributed by atoms with Crippen LogP contribution < -0.4 is 5.32 Å². The molecule has 1 atom stereocenters. The van der Waals surface area contributed by atoms with Crippen LogP contribution in [-0.4, -0.2) is 15.7 Å². The predicted molar refractivity (Wildman–Crippen MR) is 87.7 cm³/mol. The van der Waals surface area contributed by atoms with Gasteiger partial charge in [-0.2, -0.15) is 5.10 Å². The summed E-state index contributed by atoms with van der Waals surface area (Å²) >= 11 is 1.69. The highest BCUT2D eigenvalue weighted by Gasteiger charge is 2.31. The van der Waals surface area contributed by atoms with E-state index < -0.39 is 0 Å². The van der Waals surface area contributed by atoms with Crippen molar-refractivity contribution < 1.29 is 4.79 Å². The number of nitrogens with zero attached hydrogens (tertiary/aromatic N) is 2. The van der Waals surface area contributed by atoms with Gasteiger partial charge >= 0.3 is 0 Å². The molecule has 0 fully saturated rings. The number of benzene rings is 1. The normalized spacial score (nSPS) is 17.1. The zero-order valence-corrected chi connectivity index (χ0v) is 12.9. The van der Waals surface area contributed by atoms with Gasteiger partial charge in [0.15, 0.2) is 0 Å². The van der Waals surface area contributed by atoms with Crippen LogP contribution in [-0.2, 0) is 4.79 Å². The summed E-state index contributed by atoms with van der Waals surface area (Å²) in [6, 6.07) is 12.2. The highest BCUT2D eigenvalue weighted by atomic mass is 32.1. The van der Waals surface area contributed by atoms with E-state index in [-0.39, 0.29) is 11.8 Å². The van der Waals surface area contributed by atoms with Crippen molar-refractivity contribution in [1.29, 1.82) is 0 Å². The second kappa shape index (κ2) is 5.10. The summed E-state index contributed by atoms with van der Waals surface area (Å²) in [5.41, 5.74) is 3.21. The van der Waals surface area contributed by atoms with E-state index in [0.29, 0.717) is 6.42 Å². The number of aryl methyl sites for hydroxylation is 1. The van der Waals surface area contributed by atoms with E-state index in [2.05, 4.69) is 16.5 Å². The summed E-state index contributed by atoms with van der Waals surface area (Å²) < 4.78 is 1.84. The first-order valence-corrected chi connectivity index (χ1v) is 8.09. The lowest BCUT2D eigenvalue weighted by Crippen LogP contribution is -2.24. The zero-order chi connectivity index (χ0) is 15.1. The van der Waals surface area contributed by atoms with Crippen molar-refractivity contribution in [2.24, 2.45) is 0 Å². The van der Waals surface area contributed by atoms with Crippen LogP contribution in [0.1, 0.15) is 28.3 Å². The smallest absolute Gasteiger partial charge is 0.226 e. The molecular formula is C17H15N3OS. The predicted octanol–water partition coefficient (Wildman–Crippen LogP) is 3.72. The van der Waals surface area contributed by atoms with E-state index in [9.17, 15) is 4.79 Å². The van der Waals surface area contributed by atoms with Gasteiger partial charge in [0.25, 0.3) is 0 Å². The Morgan fingerprint density at radius 1 is 1.27 bits per heavy atom. The molecule has 0 bridgehead atoms. The van der Waals surface area contributed by atoms with Gasteiger partial charge in [-0.3, -0.25) is 4.79 Å². The molecule has 0 saturated heterocycles. The lowest BCUT2D eigenvalue weighted by Gasteiger charge is -2.22. The molecule has 3 aromatic rings. The Kier molecular flexibility index (Phi) is 3.08. The first-order chi connectivity index (χ1) is 10.7. The Hall–Kier alpha value is -2.40. The SMILES string of the molecule is Cc1ccccc1-n1ncc2c1NC(=O)CC2c1cccs1. The van der Waals surface area contributed by atoms with Crippen molar-refractivity contribution in [3.8, 4) is 5.69 Å². The van der Waals surface area contributed by atoms with E-state index in [0.717, 1.165) is 22.6 Å². The number of para-hydroxylation sites is 1. The van der Waals surface area contributed by atoms with Crippen LogP contribution >= 0.6 is 11.3 Å². The molecule has 5 heteroatoms. The highest BCUT2D eigenvalue weighted by molar-refractivity contribution is 7.10. The maximum Gasteiger partial charge on any atom is 0.226 e. The first-order valence-electron chi connectivity index (χ1n) is 7.21. The maximum absolute atomic E-state index is 12.2. The second-order valence-corrected chi connectivity index (χ2v) is 6.45. The summed E-state index contributed by atoms with van der Waals surface area (Å²) in [6.45, 7) is 2.05. The minimum absolute atomic E-state index is 0.0428. The summed E-state index contributed by atoms with van der Waals surface area (Å²) in [5, 5.41) is 9.57. The summed E-state index contributed by atoms with van der Waals surface area (Å²) in [6.07, 6.45) is 2.36. The van der Waals surface area contributed by atoms with Crippen LogP contribution in [0.4, 0.5) is 5.82 Å². The third-order valence-electron chi connectivity index (χ3n) is 4.05. The standard InChI is InChI=1S/C17H15N3OS/c1-11-5-2-3-6-14(11)20-17-13(10-18-20)12(9-16(21)19-17)15-7-4-8-22-15/h2-8,10,12H,9H2,1H3,(H,19,21). The number of thiophene rings is 1. The Bertz CT molecular complexity index is 835. The third-order valence-corrected chi connectivity index (χ3v) is 5.04. The monoisotopic (exact) mass is 309 g/mol. The van der Waals surface area contributed by atoms with Crippen molar-refractivity contribution in [2.75, 3.05) is 5.32 Å². The molecule has 1 aliphatic heterocycles. The first kappa shape index (κ1) is 13.3. The van der Waals surface area contributed by atoms with Gasteiger partial charge in [-0.25, -0.2) is 4.68 Å². The molecule has 1 aliphatic rings. The Labute approximate surface area is 132 Å². The Morgan fingerprint density at radius 3 is 2.91 bits per heavy atom. The van der Waals surface area contributed by atoms with Crippen LogP contribution in [0.5, 0.6) is 0 Å². The summed E-state index contributed by atoms with van der Waals surface area (Å²) in [5.74, 6) is 0.937. The average Bonchev–Trinajstić information content (AvgIpc) is 3.16. The fourth-order valence-electron chi connectivity index (χ4n) is 2.95. The van der Waals surface area contributed by atoms with E-state index in [4.69, 9.17) is 0 Å². The number of hydrogen-bond donors (Lipinski definition) is 1. The average molecular weight is 309 g/mol. The van der Waals surface area contributed by atoms with Crippen molar-refractivity contribution in [3.05, 3.63) is 64.0 Å². The van der Waals surface area contributed by atoms with E-state index in [1.807, 2.05) is 53.5 Å². The van der Waals surface area contributed by atoms with Crippen LogP contribution in [0.3, 0.4) is 0 Å². The number of anilines is 1. The van der Waals surface area contributed by atoms with Crippen LogP contribution in [0, 0.1) is 6.92 Å². The van der Waals surface area contributed by atoms with Gasteiger partial charge in [0.05, 0.1) is 11.9 Å². The second-order valence-electron chi connectivity index (χ2n) is 5.47. The van der Waals surface area contributed by atoms with Gasteiger partial charge in [-0.15, -0.1) is 11.3 Å². The maximum atomic E-state index is 12.2. The number of amides is 1. The Balaban J connectivity index is 1.86. The van der Waals surface area contributed by atoms with Crippen LogP contribution in [0.2, 0.25) is 0 Å². The largest absolute Gasteiger partial charge is 0.310 e. The topological polar surface area (TPSA) is 46.9 Å². The number of nitrogens with one attached hydrogen (secondary N) is 1. The molecule has 0 spiro atoms. The number of carbonyl (C=O) groups excluding carboxylic acids is 1. The summed E-state index contributed by atoms with van der Waals surface area (Å²) in [7, 11) is 0. The minimum atomic E-state index is 0.0428. The van der Waals surface area contributed by atoms with Gasteiger partial charge in [-0.1, -0.05) is 24.3 Å². The minimum Gasteiger partial charge on any atom is -0.310 e. The molecule has 110 valence electrons. The number of rotatable bonds is 2. The quantitative estimate of drug-likeness (QED) is 0.784. The molecule has 0 saturated carbocycles. The molecule has 1 aromatic carbocycles. The molecule has 1 N–H and O–H groups in total. The van der Waals surface area contributed by atoms with Crippen LogP contribution in [0.25, 0.3) is 5.69 Å². The molecule has 22 heavy (non-hydrogen) atoms. The molecule has 1 unspecified atom stereocenters. The molecule has 4 nitrogen and oxygen atoms in total. The van der Waals surface area contributed by atoms with Gasteiger partial charge in [-0.05, 0) is 30.0 Å². The summed E-state index contributed by atoms with van der Waals surface area (Å²) in [4.78, 5) is 13.4. The van der Waals surface area contributed by atoms with Gasteiger partial charge in [0, 0.05) is 22.8 Å². The van der Waals surface area contributed by atoms with E-state index in [1.54, 1.807) is 11.3 Å². The number of fused-ring (bicyclic) bond motifs is 1. The van der Waals surface area contributed by atoms with E-state index in [1.165, 1.54) is 4.88 Å². The van der Waals surface area contributed by atoms with Crippen molar-refractivity contribution in [2.45, 2.75) is 19.3 Å². The molecule has 0 aliphatic carbocycles. The molecule has 3 heterocycles. The fourth-order valence-corrected chi connectivity index (χ4v) is 3.79. The van der Waals surface area contributed by atoms with Crippen LogP contribution in [0.15, 0.2) is 48.0 Å².